The Morgan fingerprint density at radius 3 is 1.68 bits per heavy atom. The van der Waals surface area contributed by atoms with Gasteiger partial charge in [0.25, 0.3) is 0 Å². The highest BCUT2D eigenvalue weighted by Gasteiger charge is 2.40. The van der Waals surface area contributed by atoms with Crippen LogP contribution in [-0.4, -0.2) is 46.6 Å². The highest BCUT2D eigenvalue weighted by atomic mass is 16.5. The molecular formula is C30H39N3O4. The van der Waals surface area contributed by atoms with Crippen molar-refractivity contribution in [3.63, 3.8) is 0 Å². The maximum atomic E-state index is 13.4. The summed E-state index contributed by atoms with van der Waals surface area (Å²) < 4.78 is 11.5. The number of rotatable bonds is 12. The van der Waals surface area contributed by atoms with Crippen LogP contribution in [0.15, 0.2) is 71.6 Å². The molecule has 1 aliphatic rings. The van der Waals surface area contributed by atoms with E-state index in [2.05, 4.69) is 9.97 Å². The zero-order valence-electron chi connectivity index (χ0n) is 22.7. The first-order valence-corrected chi connectivity index (χ1v) is 13.2. The molecule has 2 aromatic heterocycles. The van der Waals surface area contributed by atoms with Gasteiger partial charge in [-0.2, -0.15) is 0 Å². The summed E-state index contributed by atoms with van der Waals surface area (Å²) in [6.45, 7) is 11.2. The fourth-order valence-electron chi connectivity index (χ4n) is 4.96. The van der Waals surface area contributed by atoms with E-state index in [1.807, 2.05) is 76.2 Å². The lowest BCUT2D eigenvalue weighted by atomic mass is 9.77. The lowest BCUT2D eigenvalue weighted by Crippen LogP contribution is -2.38. The van der Waals surface area contributed by atoms with E-state index in [4.69, 9.17) is 9.47 Å². The van der Waals surface area contributed by atoms with Crippen molar-refractivity contribution in [2.45, 2.75) is 60.3 Å². The topological polar surface area (TPSA) is 81.6 Å². The standard InChI is InChI=1S/C30H39N3O4/c1-6-33-22(4)27(29(34)36-17-9-13-24-11-7-15-31-19-24)26(21(2)3)28(23(33)5)30(35)37-18-10-14-25-12-8-16-32-20-25/h7-8,11-12,15-16,19-21,26H,6,9-10,13-14,17-18H2,1-5H3. The molecule has 0 atom stereocenters. The van der Waals surface area contributed by atoms with E-state index in [1.165, 1.54) is 0 Å². The molecule has 7 nitrogen and oxygen atoms in total. The minimum Gasteiger partial charge on any atom is -0.462 e. The van der Waals surface area contributed by atoms with Crippen LogP contribution in [0.25, 0.3) is 0 Å². The molecule has 0 aliphatic carbocycles. The van der Waals surface area contributed by atoms with Crippen LogP contribution in [0.4, 0.5) is 0 Å². The number of esters is 2. The zero-order valence-corrected chi connectivity index (χ0v) is 22.7. The minimum absolute atomic E-state index is 0.0137. The fourth-order valence-corrected chi connectivity index (χ4v) is 4.96. The number of carbonyl (C=O) groups is 2. The Bertz CT molecular complexity index is 1030. The number of pyridine rings is 2. The van der Waals surface area contributed by atoms with E-state index in [0.29, 0.717) is 43.7 Å². The predicted octanol–water partition coefficient (Wildman–Crippen LogP) is 5.28. The van der Waals surface area contributed by atoms with Gasteiger partial charge in [0.1, 0.15) is 0 Å². The van der Waals surface area contributed by atoms with Gasteiger partial charge in [-0.3, -0.25) is 9.97 Å². The molecule has 0 radical (unpaired) electrons. The normalized spacial score (nSPS) is 14.4. The van der Waals surface area contributed by atoms with Crippen molar-refractivity contribution in [3.8, 4) is 0 Å². The van der Waals surface area contributed by atoms with E-state index in [0.717, 1.165) is 35.4 Å². The smallest absolute Gasteiger partial charge is 0.336 e. The SMILES string of the molecule is CCN1C(C)=C(C(=O)OCCCc2cccnc2)C(C(C)C)C(C(=O)OCCCc2cccnc2)=C1C. The largest absolute Gasteiger partial charge is 0.462 e. The van der Waals surface area contributed by atoms with Crippen LogP contribution in [0.2, 0.25) is 0 Å². The molecule has 0 spiro atoms. The quantitative estimate of drug-likeness (QED) is 0.287. The zero-order chi connectivity index (χ0) is 26.8. The molecule has 3 heterocycles. The van der Waals surface area contributed by atoms with Crippen LogP contribution < -0.4 is 0 Å². The molecule has 198 valence electrons. The van der Waals surface area contributed by atoms with Crippen LogP contribution in [-0.2, 0) is 31.9 Å². The monoisotopic (exact) mass is 505 g/mol. The van der Waals surface area contributed by atoms with Gasteiger partial charge in [-0.25, -0.2) is 9.59 Å². The number of hydrogen-bond donors (Lipinski definition) is 0. The van der Waals surface area contributed by atoms with Crippen molar-refractivity contribution in [2.75, 3.05) is 19.8 Å². The molecule has 0 amide bonds. The maximum absolute atomic E-state index is 13.4. The van der Waals surface area contributed by atoms with Crippen LogP contribution in [0.1, 0.15) is 58.6 Å². The molecule has 0 saturated heterocycles. The molecule has 1 aliphatic heterocycles. The summed E-state index contributed by atoms with van der Waals surface area (Å²) in [5.74, 6) is -1.11. The van der Waals surface area contributed by atoms with Crippen molar-refractivity contribution >= 4 is 11.9 Å². The number of hydrogen-bond acceptors (Lipinski definition) is 7. The highest BCUT2D eigenvalue weighted by molar-refractivity contribution is 5.97. The Labute approximate surface area is 220 Å². The van der Waals surface area contributed by atoms with Crippen molar-refractivity contribution in [1.29, 1.82) is 0 Å². The second-order valence-electron chi connectivity index (χ2n) is 9.67. The van der Waals surface area contributed by atoms with Crippen LogP contribution >= 0.6 is 0 Å². The molecule has 7 heteroatoms. The fraction of sp³-hybridized carbons (Fsp3) is 0.467. The number of aromatic nitrogens is 2. The molecule has 0 fully saturated rings. The molecule has 0 bridgehead atoms. The molecular weight excluding hydrogens is 466 g/mol. The number of allylic oxidation sites excluding steroid dienone is 2. The van der Waals surface area contributed by atoms with E-state index < -0.39 is 0 Å². The Kier molecular flexibility index (Phi) is 10.4. The lowest BCUT2D eigenvalue weighted by molar-refractivity contribution is -0.141. The first kappa shape index (κ1) is 28.1. The number of aryl methyl sites for hydroxylation is 2. The summed E-state index contributed by atoms with van der Waals surface area (Å²) in [6.07, 6.45) is 10.1. The first-order valence-electron chi connectivity index (χ1n) is 13.2. The Morgan fingerprint density at radius 1 is 0.865 bits per heavy atom. The molecule has 2 aromatic rings. The van der Waals surface area contributed by atoms with Gasteiger partial charge in [0.05, 0.1) is 24.4 Å². The van der Waals surface area contributed by atoms with Crippen LogP contribution in [0.3, 0.4) is 0 Å². The average molecular weight is 506 g/mol. The predicted molar refractivity (Wildman–Crippen MR) is 143 cm³/mol. The van der Waals surface area contributed by atoms with Gasteiger partial charge >= 0.3 is 11.9 Å². The highest BCUT2D eigenvalue weighted by Crippen LogP contribution is 2.40. The van der Waals surface area contributed by atoms with E-state index in [-0.39, 0.29) is 23.8 Å². The lowest BCUT2D eigenvalue weighted by Gasteiger charge is -2.38. The summed E-state index contributed by atoms with van der Waals surface area (Å²) in [5, 5.41) is 0. The molecule has 0 saturated carbocycles. The Hall–Kier alpha value is -3.48. The van der Waals surface area contributed by atoms with Crippen LogP contribution in [0.5, 0.6) is 0 Å². The summed E-state index contributed by atoms with van der Waals surface area (Å²) >= 11 is 0. The first-order chi connectivity index (χ1) is 17.8. The van der Waals surface area contributed by atoms with Crippen molar-refractivity contribution in [2.24, 2.45) is 11.8 Å². The van der Waals surface area contributed by atoms with Gasteiger partial charge in [0.15, 0.2) is 0 Å². The molecule has 0 N–H and O–H groups in total. The van der Waals surface area contributed by atoms with E-state index in [9.17, 15) is 9.59 Å². The van der Waals surface area contributed by atoms with Gasteiger partial charge in [-0.05, 0) is 75.6 Å². The summed E-state index contributed by atoms with van der Waals surface area (Å²) in [7, 11) is 0. The van der Waals surface area contributed by atoms with Crippen molar-refractivity contribution in [1.82, 2.24) is 14.9 Å². The Morgan fingerprint density at radius 2 is 1.32 bits per heavy atom. The number of nitrogens with zero attached hydrogens (tertiary/aromatic N) is 3. The molecule has 37 heavy (non-hydrogen) atoms. The third-order valence-corrected chi connectivity index (χ3v) is 6.77. The number of ether oxygens (including phenoxy) is 2. The maximum Gasteiger partial charge on any atom is 0.336 e. The van der Waals surface area contributed by atoms with Gasteiger partial charge in [0, 0.05) is 48.6 Å². The molecule has 0 unspecified atom stereocenters. The summed E-state index contributed by atoms with van der Waals surface area (Å²) in [5.41, 5.74) is 4.98. The van der Waals surface area contributed by atoms with Gasteiger partial charge in [-0.15, -0.1) is 0 Å². The van der Waals surface area contributed by atoms with E-state index in [1.54, 1.807) is 12.4 Å². The minimum atomic E-state index is -0.389. The summed E-state index contributed by atoms with van der Waals surface area (Å²) in [4.78, 5) is 37.0. The van der Waals surface area contributed by atoms with Crippen molar-refractivity contribution < 1.29 is 19.1 Å². The van der Waals surface area contributed by atoms with E-state index >= 15 is 0 Å². The number of carbonyl (C=O) groups excluding carboxylic acids is 2. The van der Waals surface area contributed by atoms with Gasteiger partial charge in [-0.1, -0.05) is 26.0 Å². The van der Waals surface area contributed by atoms with Gasteiger partial charge in [0.2, 0.25) is 0 Å². The molecule has 0 aromatic carbocycles. The van der Waals surface area contributed by atoms with Gasteiger partial charge < -0.3 is 14.4 Å². The second-order valence-corrected chi connectivity index (χ2v) is 9.67. The van der Waals surface area contributed by atoms with Crippen LogP contribution in [0, 0.1) is 11.8 Å². The average Bonchev–Trinajstić information content (AvgIpc) is 2.90. The Balaban J connectivity index is 1.69. The third-order valence-electron chi connectivity index (χ3n) is 6.77. The third kappa shape index (κ3) is 7.28. The molecule has 3 rings (SSSR count). The van der Waals surface area contributed by atoms with Crippen molar-refractivity contribution in [3.05, 3.63) is 82.7 Å². The second kappa shape index (κ2) is 13.7. The summed E-state index contributed by atoms with van der Waals surface area (Å²) in [6, 6.07) is 7.83.